The second kappa shape index (κ2) is 6.91. The Morgan fingerprint density at radius 1 is 1.32 bits per heavy atom. The SMILES string of the molecule is O=C(Cn1cc(I)cn1)NCCCn1cnc2ccccc21. The van der Waals surface area contributed by atoms with Crippen molar-refractivity contribution in [3.8, 4) is 0 Å². The number of rotatable bonds is 6. The number of fused-ring (bicyclic) bond motifs is 1. The fraction of sp³-hybridized carbons (Fsp3) is 0.267. The molecule has 0 spiro atoms. The molecule has 2 heterocycles. The highest BCUT2D eigenvalue weighted by molar-refractivity contribution is 14.1. The average molecular weight is 409 g/mol. The Morgan fingerprint density at radius 3 is 3.00 bits per heavy atom. The number of para-hydroxylation sites is 2. The molecule has 2 aromatic heterocycles. The van der Waals surface area contributed by atoms with Gasteiger partial charge in [0.2, 0.25) is 5.91 Å². The predicted octanol–water partition coefficient (Wildman–Crippen LogP) is 2.04. The zero-order chi connectivity index (χ0) is 15.4. The summed E-state index contributed by atoms with van der Waals surface area (Å²) in [5, 5.41) is 7.01. The van der Waals surface area contributed by atoms with Crippen LogP contribution in [0.15, 0.2) is 43.0 Å². The van der Waals surface area contributed by atoms with E-state index >= 15 is 0 Å². The van der Waals surface area contributed by atoms with Gasteiger partial charge in [0, 0.05) is 19.3 Å². The van der Waals surface area contributed by atoms with Crippen molar-refractivity contribution in [3.05, 3.63) is 46.6 Å². The standard InChI is InChI=1S/C15H16IN5O/c16-12-8-19-21(9-12)10-15(22)17-6-3-7-20-11-18-13-4-1-2-5-14(13)20/h1-2,4-5,8-9,11H,3,6-7,10H2,(H,17,22). The van der Waals surface area contributed by atoms with Crippen LogP contribution in [-0.4, -0.2) is 31.8 Å². The molecule has 0 unspecified atom stereocenters. The molecule has 0 atom stereocenters. The Kier molecular flexibility index (Phi) is 4.71. The van der Waals surface area contributed by atoms with Crippen molar-refractivity contribution < 1.29 is 4.79 Å². The van der Waals surface area contributed by atoms with Gasteiger partial charge in [0.25, 0.3) is 0 Å². The molecule has 0 fully saturated rings. The Balaban J connectivity index is 1.44. The van der Waals surface area contributed by atoms with E-state index in [1.54, 1.807) is 10.9 Å². The van der Waals surface area contributed by atoms with Crippen molar-refractivity contribution in [2.75, 3.05) is 6.54 Å². The molecule has 0 saturated heterocycles. The van der Waals surface area contributed by atoms with Crippen molar-refractivity contribution in [2.45, 2.75) is 19.5 Å². The van der Waals surface area contributed by atoms with Crippen LogP contribution in [0.25, 0.3) is 11.0 Å². The molecule has 1 N–H and O–H groups in total. The molecule has 0 radical (unpaired) electrons. The molecule has 3 aromatic rings. The van der Waals surface area contributed by atoms with Gasteiger partial charge < -0.3 is 9.88 Å². The van der Waals surface area contributed by atoms with Crippen LogP contribution in [0.5, 0.6) is 0 Å². The number of hydrogen-bond acceptors (Lipinski definition) is 3. The van der Waals surface area contributed by atoms with Gasteiger partial charge in [-0.3, -0.25) is 9.48 Å². The number of halogens is 1. The van der Waals surface area contributed by atoms with E-state index in [1.165, 1.54) is 0 Å². The summed E-state index contributed by atoms with van der Waals surface area (Å²) in [6, 6.07) is 8.05. The number of aryl methyl sites for hydroxylation is 1. The summed E-state index contributed by atoms with van der Waals surface area (Å²) in [5.41, 5.74) is 2.12. The topological polar surface area (TPSA) is 64.7 Å². The van der Waals surface area contributed by atoms with Crippen LogP contribution in [-0.2, 0) is 17.9 Å². The van der Waals surface area contributed by atoms with Crippen molar-refractivity contribution in [2.24, 2.45) is 0 Å². The van der Waals surface area contributed by atoms with Crippen molar-refractivity contribution in [3.63, 3.8) is 0 Å². The van der Waals surface area contributed by atoms with Crippen molar-refractivity contribution >= 4 is 39.5 Å². The first-order chi connectivity index (χ1) is 10.7. The molecule has 0 aliphatic rings. The van der Waals surface area contributed by atoms with E-state index in [4.69, 9.17) is 0 Å². The summed E-state index contributed by atoms with van der Waals surface area (Å²) in [6.45, 7) is 1.74. The minimum atomic E-state index is -0.0185. The maximum atomic E-state index is 11.8. The molecule has 22 heavy (non-hydrogen) atoms. The van der Waals surface area contributed by atoms with Gasteiger partial charge in [-0.2, -0.15) is 5.10 Å². The van der Waals surface area contributed by atoms with Crippen LogP contribution < -0.4 is 5.32 Å². The van der Waals surface area contributed by atoms with Crippen LogP contribution in [0.1, 0.15) is 6.42 Å². The zero-order valence-corrected chi connectivity index (χ0v) is 14.1. The Labute approximate surface area is 141 Å². The van der Waals surface area contributed by atoms with E-state index in [1.807, 2.05) is 30.7 Å². The summed E-state index contributed by atoms with van der Waals surface area (Å²) in [6.07, 6.45) is 6.29. The van der Waals surface area contributed by atoms with Gasteiger partial charge in [0.05, 0.1) is 27.1 Å². The van der Waals surface area contributed by atoms with E-state index in [9.17, 15) is 4.79 Å². The van der Waals surface area contributed by atoms with Crippen LogP contribution >= 0.6 is 22.6 Å². The van der Waals surface area contributed by atoms with E-state index in [-0.39, 0.29) is 12.5 Å². The number of hydrogen-bond donors (Lipinski definition) is 1. The molecule has 6 nitrogen and oxygen atoms in total. The number of aromatic nitrogens is 4. The van der Waals surface area contributed by atoms with Gasteiger partial charge in [0.1, 0.15) is 6.54 Å². The second-order valence-corrected chi connectivity index (χ2v) is 6.23. The molecule has 3 rings (SSSR count). The summed E-state index contributed by atoms with van der Waals surface area (Å²) in [5.74, 6) is -0.0185. The van der Waals surface area contributed by atoms with E-state index < -0.39 is 0 Å². The first-order valence-electron chi connectivity index (χ1n) is 7.07. The molecule has 1 aromatic carbocycles. The van der Waals surface area contributed by atoms with Crippen molar-refractivity contribution in [1.82, 2.24) is 24.6 Å². The molecule has 114 valence electrons. The number of carbonyl (C=O) groups excluding carboxylic acids is 1. The monoisotopic (exact) mass is 409 g/mol. The molecule has 0 bridgehead atoms. The molecule has 1 amide bonds. The van der Waals surface area contributed by atoms with Gasteiger partial charge in [-0.25, -0.2) is 4.98 Å². The largest absolute Gasteiger partial charge is 0.354 e. The number of nitrogens with one attached hydrogen (secondary N) is 1. The van der Waals surface area contributed by atoms with Crippen LogP contribution in [0.2, 0.25) is 0 Å². The smallest absolute Gasteiger partial charge is 0.241 e. The molecule has 0 aliphatic heterocycles. The number of nitrogens with zero attached hydrogens (tertiary/aromatic N) is 4. The normalized spacial score (nSPS) is 11.0. The molecule has 7 heteroatoms. The van der Waals surface area contributed by atoms with Gasteiger partial charge in [-0.1, -0.05) is 12.1 Å². The van der Waals surface area contributed by atoms with Crippen LogP contribution in [0, 0.1) is 3.57 Å². The third-order valence-corrected chi connectivity index (χ3v) is 3.89. The first-order valence-corrected chi connectivity index (χ1v) is 8.15. The Hall–Kier alpha value is -1.90. The lowest BCUT2D eigenvalue weighted by Gasteiger charge is -2.07. The zero-order valence-electron chi connectivity index (χ0n) is 11.9. The molecular formula is C15H16IN5O. The summed E-state index contributed by atoms with van der Waals surface area (Å²) in [4.78, 5) is 16.2. The van der Waals surface area contributed by atoms with Gasteiger partial charge >= 0.3 is 0 Å². The van der Waals surface area contributed by atoms with Crippen LogP contribution in [0.3, 0.4) is 0 Å². The van der Waals surface area contributed by atoms with Crippen LogP contribution in [0.4, 0.5) is 0 Å². The van der Waals surface area contributed by atoms with Gasteiger partial charge in [-0.15, -0.1) is 0 Å². The maximum absolute atomic E-state index is 11.8. The molecule has 0 aliphatic carbocycles. The summed E-state index contributed by atoms with van der Waals surface area (Å²) < 4.78 is 4.77. The third kappa shape index (κ3) is 3.65. The predicted molar refractivity (Wildman–Crippen MR) is 92.3 cm³/mol. The van der Waals surface area contributed by atoms with E-state index in [0.29, 0.717) is 6.54 Å². The second-order valence-electron chi connectivity index (χ2n) is 4.99. The van der Waals surface area contributed by atoms with Crippen molar-refractivity contribution in [1.29, 1.82) is 0 Å². The minimum absolute atomic E-state index is 0.0185. The summed E-state index contributed by atoms with van der Waals surface area (Å²) in [7, 11) is 0. The quantitative estimate of drug-likeness (QED) is 0.501. The highest BCUT2D eigenvalue weighted by Gasteiger charge is 2.04. The maximum Gasteiger partial charge on any atom is 0.241 e. The number of benzene rings is 1. The van der Waals surface area contributed by atoms with E-state index in [2.05, 4.69) is 48.6 Å². The van der Waals surface area contributed by atoms with Gasteiger partial charge in [-0.05, 0) is 41.1 Å². The Bertz CT molecular complexity index is 779. The summed E-state index contributed by atoms with van der Waals surface area (Å²) >= 11 is 2.17. The lowest BCUT2D eigenvalue weighted by Crippen LogP contribution is -2.29. The molecule has 0 saturated carbocycles. The fourth-order valence-electron chi connectivity index (χ4n) is 2.29. The first kappa shape index (κ1) is 15.0. The number of carbonyl (C=O) groups is 1. The Morgan fingerprint density at radius 2 is 2.18 bits per heavy atom. The molecular weight excluding hydrogens is 393 g/mol. The lowest BCUT2D eigenvalue weighted by atomic mass is 10.3. The fourth-order valence-corrected chi connectivity index (χ4v) is 2.74. The minimum Gasteiger partial charge on any atom is -0.354 e. The number of imidazole rings is 1. The van der Waals surface area contributed by atoms with Gasteiger partial charge in [0.15, 0.2) is 0 Å². The highest BCUT2D eigenvalue weighted by atomic mass is 127. The third-order valence-electron chi connectivity index (χ3n) is 3.33. The highest BCUT2D eigenvalue weighted by Crippen LogP contribution is 2.11. The lowest BCUT2D eigenvalue weighted by molar-refractivity contribution is -0.121. The average Bonchev–Trinajstić information content (AvgIpc) is 3.10. The number of amides is 1. The van der Waals surface area contributed by atoms with E-state index in [0.717, 1.165) is 27.6 Å².